The van der Waals surface area contributed by atoms with Gasteiger partial charge < -0.3 is 5.11 Å². The Morgan fingerprint density at radius 1 is 1.12 bits per heavy atom. The van der Waals surface area contributed by atoms with Gasteiger partial charge in [-0.15, -0.1) is 0 Å². The molecular weight excluding hydrogens is 456 g/mol. The minimum Gasteiger partial charge on any atom is -0.507 e. The number of aromatic hydroxyl groups is 1. The molecule has 1 unspecified atom stereocenters. The van der Waals surface area contributed by atoms with Gasteiger partial charge in [-0.05, 0) is 61.7 Å². The van der Waals surface area contributed by atoms with E-state index in [1.807, 2.05) is 26.0 Å². The molecule has 1 atom stereocenters. The number of aryl methyl sites for hydroxylation is 2. The Morgan fingerprint density at radius 3 is 2.53 bits per heavy atom. The van der Waals surface area contributed by atoms with Crippen LogP contribution in [0.4, 0.5) is 5.69 Å². The van der Waals surface area contributed by atoms with Crippen molar-refractivity contribution in [3.05, 3.63) is 77.4 Å². The van der Waals surface area contributed by atoms with E-state index in [0.717, 1.165) is 11.1 Å². The van der Waals surface area contributed by atoms with Crippen LogP contribution in [0.15, 0.2) is 70.9 Å². The van der Waals surface area contributed by atoms with Crippen LogP contribution in [0, 0.1) is 13.8 Å². The molecule has 9 nitrogen and oxygen atoms in total. The van der Waals surface area contributed by atoms with Crippen LogP contribution in [0.25, 0.3) is 5.57 Å². The molecule has 0 saturated carbocycles. The molecule has 34 heavy (non-hydrogen) atoms. The Kier molecular flexibility index (Phi) is 5.88. The molecule has 2 aromatic rings. The second-order valence-corrected chi connectivity index (χ2v) is 9.93. The van der Waals surface area contributed by atoms with Gasteiger partial charge in [0.05, 0.1) is 11.4 Å². The second-order valence-electron chi connectivity index (χ2n) is 8.25. The number of hydrogen-bond donors (Lipinski definition) is 3. The highest BCUT2D eigenvalue weighted by Gasteiger charge is 2.44. The molecular formula is C24H24N4O5S. The van der Waals surface area contributed by atoms with E-state index in [9.17, 15) is 22.9 Å². The smallest absolute Gasteiger partial charge is 0.301 e. The van der Waals surface area contributed by atoms with Gasteiger partial charge in [-0.1, -0.05) is 36.4 Å². The summed E-state index contributed by atoms with van der Waals surface area (Å²) in [6.07, 6.45) is 4.11. The average Bonchev–Trinajstić information content (AvgIpc) is 3.07. The molecule has 1 aliphatic carbocycles. The number of anilines is 1. The zero-order chi connectivity index (χ0) is 24.7. The number of carbonyl (C=O) groups excluding carboxylic acids is 1. The quantitative estimate of drug-likeness (QED) is 0.444. The lowest BCUT2D eigenvalue weighted by Crippen LogP contribution is -2.49. The van der Waals surface area contributed by atoms with E-state index in [1.54, 1.807) is 37.3 Å². The van der Waals surface area contributed by atoms with Crippen molar-refractivity contribution in [2.24, 2.45) is 10.2 Å². The van der Waals surface area contributed by atoms with Gasteiger partial charge in [0.2, 0.25) is 4.87 Å². The molecule has 10 heteroatoms. The molecule has 0 aromatic heterocycles. The maximum absolute atomic E-state index is 13.0. The topological polar surface area (TPSA) is 132 Å². The van der Waals surface area contributed by atoms with Crippen LogP contribution in [-0.4, -0.2) is 40.3 Å². The van der Waals surface area contributed by atoms with E-state index < -0.39 is 20.9 Å². The Balaban J connectivity index is 1.65. The first-order valence-corrected chi connectivity index (χ1v) is 11.9. The van der Waals surface area contributed by atoms with Crippen molar-refractivity contribution >= 4 is 38.7 Å². The van der Waals surface area contributed by atoms with E-state index in [0.29, 0.717) is 16.8 Å². The zero-order valence-electron chi connectivity index (χ0n) is 18.8. The van der Waals surface area contributed by atoms with Gasteiger partial charge in [0, 0.05) is 12.0 Å². The number of hydrogen-bond acceptors (Lipinski definition) is 7. The highest BCUT2D eigenvalue weighted by Crippen LogP contribution is 2.36. The van der Waals surface area contributed by atoms with E-state index in [4.69, 9.17) is 0 Å². The van der Waals surface area contributed by atoms with E-state index in [-0.39, 0.29) is 23.6 Å². The molecule has 0 saturated heterocycles. The van der Waals surface area contributed by atoms with Gasteiger partial charge >= 0.3 is 5.91 Å². The highest BCUT2D eigenvalue weighted by molar-refractivity contribution is 7.87. The SMILES string of the molecule is CC1=NN(c2ccc(C)c(C)c2)C(=O)C1=NNC1(S(=O)(=O)O)C=CC=C(c2ccccc2O)C1. The molecule has 176 valence electrons. The number of rotatable bonds is 5. The lowest BCUT2D eigenvalue weighted by molar-refractivity contribution is -0.112. The van der Waals surface area contributed by atoms with Gasteiger partial charge in [0.25, 0.3) is 10.1 Å². The van der Waals surface area contributed by atoms with Crippen LogP contribution in [0.1, 0.15) is 30.0 Å². The number of para-hydroxylation sites is 1. The van der Waals surface area contributed by atoms with Gasteiger partial charge in [-0.25, -0.2) is 0 Å². The molecule has 0 radical (unpaired) electrons. The number of phenols is 1. The van der Waals surface area contributed by atoms with Gasteiger partial charge in [0.1, 0.15) is 5.75 Å². The van der Waals surface area contributed by atoms with Crippen LogP contribution in [0.5, 0.6) is 5.75 Å². The summed E-state index contributed by atoms with van der Waals surface area (Å²) in [5, 5.41) is 19.7. The standard InChI is InChI=1S/C24H24N4O5S/c1-15-10-11-19(13-16(15)2)28-23(30)22(17(3)26-28)25-27-24(34(31,32)33)12-6-7-18(14-24)20-8-4-5-9-21(20)29/h4-13,27,29H,14H2,1-3H3,(H,31,32,33). The predicted octanol–water partition coefficient (Wildman–Crippen LogP) is 3.30. The van der Waals surface area contributed by atoms with Crippen LogP contribution in [-0.2, 0) is 14.9 Å². The van der Waals surface area contributed by atoms with Crippen LogP contribution in [0.3, 0.4) is 0 Å². The zero-order valence-corrected chi connectivity index (χ0v) is 19.7. The van der Waals surface area contributed by atoms with E-state index in [2.05, 4.69) is 15.6 Å². The monoisotopic (exact) mass is 480 g/mol. The fourth-order valence-corrected chi connectivity index (χ4v) is 4.52. The van der Waals surface area contributed by atoms with Crippen molar-refractivity contribution < 1.29 is 22.9 Å². The second kappa shape index (κ2) is 8.54. The lowest BCUT2D eigenvalue weighted by atomic mass is 9.93. The van der Waals surface area contributed by atoms with Crippen LogP contribution >= 0.6 is 0 Å². The minimum absolute atomic E-state index is 0.0300. The maximum atomic E-state index is 13.0. The van der Waals surface area contributed by atoms with Crippen LogP contribution < -0.4 is 10.4 Å². The Bertz CT molecular complexity index is 1410. The Hall–Kier alpha value is -3.76. The number of phenolic OH excluding ortho intramolecular Hbond substituents is 1. The third kappa shape index (κ3) is 4.13. The fraction of sp³-hybridized carbons (Fsp3) is 0.208. The van der Waals surface area contributed by atoms with Crippen LogP contribution in [0.2, 0.25) is 0 Å². The number of amides is 1. The number of nitrogens with zero attached hydrogens (tertiary/aromatic N) is 3. The first-order chi connectivity index (χ1) is 16.0. The predicted molar refractivity (Wildman–Crippen MR) is 131 cm³/mol. The third-order valence-corrected chi connectivity index (χ3v) is 7.20. The maximum Gasteiger partial charge on any atom is 0.301 e. The van der Waals surface area contributed by atoms with Gasteiger partial charge in [0.15, 0.2) is 5.71 Å². The van der Waals surface area contributed by atoms with Gasteiger partial charge in [-0.2, -0.15) is 23.6 Å². The van der Waals surface area contributed by atoms with Crippen molar-refractivity contribution in [1.82, 2.24) is 5.43 Å². The van der Waals surface area contributed by atoms with Crippen molar-refractivity contribution in [3.63, 3.8) is 0 Å². The summed E-state index contributed by atoms with van der Waals surface area (Å²) in [6.45, 7) is 5.47. The summed E-state index contributed by atoms with van der Waals surface area (Å²) < 4.78 is 35.0. The van der Waals surface area contributed by atoms with Gasteiger partial charge in [-0.3, -0.25) is 14.8 Å². The minimum atomic E-state index is -4.74. The molecule has 1 heterocycles. The number of allylic oxidation sites excluding steroid dienone is 2. The number of benzene rings is 2. The molecule has 1 aliphatic heterocycles. The third-order valence-electron chi connectivity index (χ3n) is 5.91. The normalized spacial score (nSPS) is 21.6. The van der Waals surface area contributed by atoms with Crippen molar-refractivity contribution in [2.45, 2.75) is 32.1 Å². The van der Waals surface area contributed by atoms with Crippen molar-refractivity contribution in [2.75, 3.05) is 5.01 Å². The summed E-state index contributed by atoms with van der Waals surface area (Å²) in [4.78, 5) is 11.0. The Labute approximate surface area is 197 Å². The first-order valence-electron chi connectivity index (χ1n) is 10.5. The molecule has 0 bridgehead atoms. The number of nitrogens with one attached hydrogen (secondary N) is 1. The molecule has 0 spiro atoms. The summed E-state index contributed by atoms with van der Waals surface area (Å²) in [7, 11) is -4.74. The molecule has 4 rings (SSSR count). The molecule has 2 aromatic carbocycles. The summed E-state index contributed by atoms with van der Waals surface area (Å²) in [5.74, 6) is -0.562. The van der Waals surface area contributed by atoms with Crippen molar-refractivity contribution in [3.8, 4) is 5.75 Å². The number of carbonyl (C=O) groups is 1. The summed E-state index contributed by atoms with van der Waals surface area (Å²) in [5.41, 5.74) is 6.22. The first kappa shape index (κ1) is 23.4. The largest absolute Gasteiger partial charge is 0.507 e. The molecule has 2 aliphatic rings. The molecule has 3 N–H and O–H groups in total. The van der Waals surface area contributed by atoms with E-state index >= 15 is 0 Å². The van der Waals surface area contributed by atoms with Crippen molar-refractivity contribution in [1.29, 1.82) is 0 Å². The van der Waals surface area contributed by atoms with E-state index in [1.165, 1.54) is 23.2 Å². The number of hydrazone groups is 2. The molecule has 0 fully saturated rings. The highest BCUT2D eigenvalue weighted by atomic mass is 32.2. The average molecular weight is 481 g/mol. The fourth-order valence-electron chi connectivity index (χ4n) is 3.77. The molecule has 1 amide bonds. The summed E-state index contributed by atoms with van der Waals surface area (Å²) in [6, 6.07) is 11.9. The summed E-state index contributed by atoms with van der Waals surface area (Å²) >= 11 is 0. The Morgan fingerprint density at radius 2 is 1.85 bits per heavy atom. The lowest BCUT2D eigenvalue weighted by Gasteiger charge is -2.30.